The Balaban J connectivity index is 1.35. The van der Waals surface area contributed by atoms with Crippen molar-refractivity contribution in [2.24, 2.45) is 17.1 Å². The molecular weight excluding hydrogens is 664 g/mol. The zero-order valence-corrected chi connectivity index (χ0v) is 32.3. The van der Waals surface area contributed by atoms with Gasteiger partial charge in [-0.3, -0.25) is 0 Å². The summed E-state index contributed by atoms with van der Waals surface area (Å²) in [5.41, 5.74) is 12.0. The lowest BCUT2D eigenvalue weighted by Gasteiger charge is -2.47. The maximum atomic E-state index is 11.1. The van der Waals surface area contributed by atoms with Crippen LogP contribution in [0.25, 0.3) is 12.2 Å². The predicted octanol–water partition coefficient (Wildman–Crippen LogP) is 8.81. The fourth-order valence-corrected chi connectivity index (χ4v) is 7.08. The van der Waals surface area contributed by atoms with Crippen molar-refractivity contribution in [3.05, 3.63) is 70.1 Å². The lowest BCUT2D eigenvalue weighted by atomic mass is 9.64. The van der Waals surface area contributed by atoms with Crippen LogP contribution in [-0.4, -0.2) is 63.8 Å². The summed E-state index contributed by atoms with van der Waals surface area (Å²) >= 11 is 5.71. The molecule has 2 atom stereocenters. The van der Waals surface area contributed by atoms with Gasteiger partial charge in [-0.15, -0.1) is 11.6 Å². The number of halogens is 1. The molecule has 8 nitrogen and oxygen atoms in total. The molecule has 0 saturated heterocycles. The molecule has 2 aliphatic rings. The Hall–Kier alpha value is -3.33. The van der Waals surface area contributed by atoms with Crippen molar-refractivity contribution >= 4 is 23.8 Å². The van der Waals surface area contributed by atoms with E-state index in [-0.39, 0.29) is 23.9 Å². The van der Waals surface area contributed by atoms with Crippen molar-refractivity contribution in [2.75, 3.05) is 52.6 Å². The normalized spacial score (nSPS) is 18.1. The van der Waals surface area contributed by atoms with Gasteiger partial charge in [-0.05, 0) is 105 Å². The molecule has 2 aromatic carbocycles. The number of alkyl halides is 1. The minimum Gasteiger partial charge on any atom is -0.507 e. The topological polar surface area (TPSA) is 104 Å². The van der Waals surface area contributed by atoms with Crippen LogP contribution in [0.15, 0.2) is 47.8 Å². The molecule has 2 unspecified atom stereocenters. The number of methoxy groups -OCH3 is 1. The van der Waals surface area contributed by atoms with E-state index in [1.54, 1.807) is 19.4 Å². The predicted molar refractivity (Wildman–Crippen MR) is 209 cm³/mol. The maximum absolute atomic E-state index is 11.1. The van der Waals surface area contributed by atoms with Crippen molar-refractivity contribution in [3.8, 4) is 23.0 Å². The summed E-state index contributed by atoms with van der Waals surface area (Å²) in [5, 5.41) is 14.3. The van der Waals surface area contributed by atoms with Crippen LogP contribution >= 0.6 is 11.6 Å². The molecule has 0 bridgehead atoms. The van der Waals surface area contributed by atoms with Gasteiger partial charge < -0.3 is 39.8 Å². The lowest BCUT2D eigenvalue weighted by Crippen LogP contribution is -2.45. The minimum absolute atomic E-state index is 0.168. The van der Waals surface area contributed by atoms with Gasteiger partial charge in [0.05, 0.1) is 32.6 Å². The molecule has 1 saturated carbocycles. The zero-order chi connectivity index (χ0) is 36.6. The number of phenolic OH excluding ortho intramolecular Hbond substituents is 1. The van der Waals surface area contributed by atoms with Gasteiger partial charge in [0.1, 0.15) is 24.2 Å². The standard InChI is InChI=1S/C42H61ClN2O6/c1-30(2)12-15-35-37(46)24-32(25-39(35)50-29-34(44)28-45-18-20-49-22-21-48-19-9-7-6-8-17-43)14-13-31-23-33-27-36-38(11-10-16-42(36,3)4)51-41(33)40(26-31)47-5/h12-14,23-26,28,36,38,45-46H,6-11,15-22,27,29,44H2,1-5H3/b14-13+,34-28-. The third-order valence-corrected chi connectivity index (χ3v) is 10.1. The van der Waals surface area contributed by atoms with Crippen LogP contribution in [0.4, 0.5) is 0 Å². The Kier molecular flexibility index (Phi) is 16.4. The van der Waals surface area contributed by atoms with Crippen LogP contribution in [-0.2, 0) is 22.3 Å². The smallest absolute Gasteiger partial charge is 0.164 e. The first-order valence-electron chi connectivity index (χ1n) is 18.7. The van der Waals surface area contributed by atoms with Crippen molar-refractivity contribution in [3.63, 3.8) is 0 Å². The van der Waals surface area contributed by atoms with E-state index in [4.69, 9.17) is 41.0 Å². The number of rotatable bonds is 21. The first-order valence-corrected chi connectivity index (χ1v) is 19.2. The molecule has 2 aromatic rings. The highest BCUT2D eigenvalue weighted by molar-refractivity contribution is 6.17. The summed E-state index contributed by atoms with van der Waals surface area (Å²) in [6.07, 6.45) is 17.6. The number of fused-ring (bicyclic) bond motifs is 2. The van der Waals surface area contributed by atoms with Crippen LogP contribution in [0, 0.1) is 11.3 Å². The largest absolute Gasteiger partial charge is 0.507 e. The first-order chi connectivity index (χ1) is 24.6. The second-order valence-electron chi connectivity index (χ2n) is 14.7. The van der Waals surface area contributed by atoms with Crippen LogP contribution in [0.2, 0.25) is 0 Å². The average Bonchev–Trinajstić information content (AvgIpc) is 3.10. The number of nitrogens with two attached hydrogens (primary N) is 1. The van der Waals surface area contributed by atoms with E-state index in [0.29, 0.717) is 50.2 Å². The number of unbranched alkanes of at least 4 members (excludes halogenated alkanes) is 3. The SMILES string of the molecule is COc1cc(/C=C/c2cc(O)c(CC=C(C)C)c(OC/C(N)=C/NCCOCCOCCCCCCCl)c2)cc2c1OC1CCCC(C)(C)C1C2. The Labute approximate surface area is 311 Å². The van der Waals surface area contributed by atoms with Gasteiger partial charge >= 0.3 is 0 Å². The maximum Gasteiger partial charge on any atom is 0.164 e. The number of nitrogens with one attached hydrogen (secondary N) is 1. The van der Waals surface area contributed by atoms with Gasteiger partial charge in [0.15, 0.2) is 11.5 Å². The first kappa shape index (κ1) is 40.4. The summed E-state index contributed by atoms with van der Waals surface area (Å²) in [5.74, 6) is 3.62. The highest BCUT2D eigenvalue weighted by Crippen LogP contribution is 2.50. The molecule has 1 heterocycles. The van der Waals surface area contributed by atoms with Crippen LogP contribution < -0.4 is 25.3 Å². The number of aromatic hydroxyl groups is 1. The van der Waals surface area contributed by atoms with E-state index < -0.39 is 0 Å². The van der Waals surface area contributed by atoms with E-state index in [1.165, 1.54) is 18.4 Å². The average molecular weight is 725 g/mol. The molecule has 51 heavy (non-hydrogen) atoms. The van der Waals surface area contributed by atoms with Gasteiger partial charge in [-0.2, -0.15) is 0 Å². The third kappa shape index (κ3) is 12.7. The highest BCUT2D eigenvalue weighted by Gasteiger charge is 2.43. The second-order valence-corrected chi connectivity index (χ2v) is 15.1. The van der Waals surface area contributed by atoms with E-state index >= 15 is 0 Å². The summed E-state index contributed by atoms with van der Waals surface area (Å²) in [6.45, 7) is 12.1. The molecule has 4 N–H and O–H groups in total. The van der Waals surface area contributed by atoms with E-state index in [0.717, 1.165) is 84.8 Å². The Bertz CT molecular complexity index is 1480. The monoisotopic (exact) mass is 724 g/mol. The van der Waals surface area contributed by atoms with Crippen molar-refractivity contribution in [1.82, 2.24) is 5.32 Å². The van der Waals surface area contributed by atoms with E-state index in [1.807, 2.05) is 38.1 Å². The summed E-state index contributed by atoms with van der Waals surface area (Å²) < 4.78 is 29.8. The number of phenols is 1. The van der Waals surface area contributed by atoms with Crippen LogP contribution in [0.3, 0.4) is 0 Å². The van der Waals surface area contributed by atoms with E-state index in [2.05, 4.69) is 31.3 Å². The molecule has 282 valence electrons. The fraction of sp³-hybridized carbons (Fsp3) is 0.571. The molecule has 9 heteroatoms. The minimum atomic E-state index is 0.168. The van der Waals surface area contributed by atoms with Gasteiger partial charge in [0, 0.05) is 36.7 Å². The molecule has 0 spiro atoms. The number of benzene rings is 2. The Morgan fingerprint density at radius 2 is 1.73 bits per heavy atom. The van der Waals surface area contributed by atoms with Gasteiger partial charge in [-0.25, -0.2) is 0 Å². The molecule has 0 aromatic heterocycles. The molecule has 1 aliphatic carbocycles. The summed E-state index contributed by atoms with van der Waals surface area (Å²) in [6, 6.07) is 7.96. The number of hydrogen-bond acceptors (Lipinski definition) is 8. The van der Waals surface area contributed by atoms with Crippen molar-refractivity contribution in [1.29, 1.82) is 0 Å². The fourth-order valence-electron chi connectivity index (χ4n) is 6.89. The number of allylic oxidation sites excluding steroid dienone is 2. The van der Waals surface area contributed by atoms with Crippen LogP contribution in [0.5, 0.6) is 23.0 Å². The third-order valence-electron chi connectivity index (χ3n) is 9.85. The molecule has 0 amide bonds. The van der Waals surface area contributed by atoms with Crippen molar-refractivity contribution in [2.45, 2.75) is 91.6 Å². The Morgan fingerprint density at radius 1 is 1.00 bits per heavy atom. The summed E-state index contributed by atoms with van der Waals surface area (Å²) in [7, 11) is 1.70. The zero-order valence-electron chi connectivity index (χ0n) is 31.5. The molecule has 1 aliphatic heterocycles. The van der Waals surface area contributed by atoms with Crippen LogP contribution in [0.1, 0.15) is 94.9 Å². The summed E-state index contributed by atoms with van der Waals surface area (Å²) in [4.78, 5) is 0. The second kappa shape index (κ2) is 20.6. The Morgan fingerprint density at radius 3 is 2.47 bits per heavy atom. The van der Waals surface area contributed by atoms with Crippen molar-refractivity contribution < 1.29 is 28.8 Å². The van der Waals surface area contributed by atoms with E-state index in [9.17, 15) is 5.11 Å². The molecular formula is C42H61ClN2O6. The highest BCUT2D eigenvalue weighted by atomic mass is 35.5. The quantitative estimate of drug-likeness (QED) is 0.0508. The van der Waals surface area contributed by atoms with Gasteiger partial charge in [0.25, 0.3) is 0 Å². The lowest BCUT2D eigenvalue weighted by molar-refractivity contribution is -0.00708. The van der Waals surface area contributed by atoms with Gasteiger partial charge in [0.2, 0.25) is 0 Å². The number of hydrogen-bond donors (Lipinski definition) is 3. The molecule has 4 rings (SSSR count). The molecule has 1 fully saturated rings. The molecule has 0 radical (unpaired) electrons. The number of ether oxygens (including phenoxy) is 5. The van der Waals surface area contributed by atoms with Gasteiger partial charge in [-0.1, -0.05) is 50.5 Å².